The van der Waals surface area contributed by atoms with Crippen LogP contribution in [0.1, 0.15) is 26.3 Å². The Morgan fingerprint density at radius 3 is 1.58 bits per heavy atom. The van der Waals surface area contributed by atoms with Gasteiger partial charge in [-0.3, -0.25) is 0 Å². The first-order valence-electron chi connectivity index (χ1n) is 12.6. The Morgan fingerprint density at radius 2 is 1.11 bits per heavy atom. The highest BCUT2D eigenvalue weighted by atomic mass is 31.1. The summed E-state index contributed by atoms with van der Waals surface area (Å²) in [5.41, 5.74) is 0.641. The van der Waals surface area contributed by atoms with Crippen LogP contribution in [0.5, 0.6) is 17.2 Å². The SMILES string of the molecule is COCCOCOc1ccccc1P(c1ccccc1OCOCCOC)c1cccc(C(C)(C)C)c1O. The van der Waals surface area contributed by atoms with Crippen LogP contribution in [0.15, 0.2) is 66.7 Å². The van der Waals surface area contributed by atoms with Gasteiger partial charge in [-0.25, -0.2) is 0 Å². The molecule has 0 bridgehead atoms. The molecule has 0 saturated carbocycles. The second-order valence-electron chi connectivity index (χ2n) is 9.52. The van der Waals surface area contributed by atoms with Crippen molar-refractivity contribution in [3.05, 3.63) is 72.3 Å². The molecule has 0 aromatic heterocycles. The molecule has 0 aliphatic rings. The van der Waals surface area contributed by atoms with E-state index in [2.05, 4.69) is 20.8 Å². The number of phenolic OH excluding ortho intramolecular Hbond substituents is 1. The average molecular weight is 543 g/mol. The molecule has 3 aromatic rings. The third-order valence-corrected chi connectivity index (χ3v) is 8.28. The van der Waals surface area contributed by atoms with Crippen molar-refractivity contribution < 1.29 is 33.5 Å². The van der Waals surface area contributed by atoms with E-state index in [9.17, 15) is 5.11 Å². The molecule has 0 radical (unpaired) electrons. The van der Waals surface area contributed by atoms with Crippen LogP contribution in [0, 0.1) is 0 Å². The van der Waals surface area contributed by atoms with Crippen molar-refractivity contribution in [2.24, 2.45) is 0 Å². The lowest BCUT2D eigenvalue weighted by Crippen LogP contribution is -2.26. The maximum atomic E-state index is 11.6. The molecule has 0 aliphatic heterocycles. The summed E-state index contributed by atoms with van der Waals surface area (Å²) in [6.07, 6.45) is 0. The van der Waals surface area contributed by atoms with E-state index in [0.717, 1.165) is 21.5 Å². The lowest BCUT2D eigenvalue weighted by atomic mass is 9.86. The molecule has 0 aliphatic carbocycles. The third-order valence-electron chi connectivity index (χ3n) is 5.74. The first-order valence-corrected chi connectivity index (χ1v) is 13.9. The van der Waals surface area contributed by atoms with Crippen LogP contribution >= 0.6 is 7.92 Å². The predicted molar refractivity (Wildman–Crippen MR) is 152 cm³/mol. The Bertz CT molecular complexity index is 1070. The lowest BCUT2D eigenvalue weighted by Gasteiger charge is -2.28. The summed E-state index contributed by atoms with van der Waals surface area (Å²) in [4.78, 5) is 0. The van der Waals surface area contributed by atoms with Crippen LogP contribution in [0.2, 0.25) is 0 Å². The van der Waals surface area contributed by atoms with Crippen LogP contribution in [0.3, 0.4) is 0 Å². The van der Waals surface area contributed by atoms with Crippen molar-refractivity contribution in [3.63, 3.8) is 0 Å². The minimum atomic E-state index is -1.29. The number of hydrogen-bond donors (Lipinski definition) is 1. The second kappa shape index (κ2) is 15.1. The standard InChI is InChI=1S/C30H39O7P/c1-30(2,3)23-11-10-16-28(29(23)31)38(26-14-8-6-12-24(26)36-21-34-19-17-32-4)27-15-9-7-13-25(27)37-22-35-20-18-33-5/h6-16,31H,17-22H2,1-5H3. The number of benzene rings is 3. The Labute approximate surface area is 227 Å². The summed E-state index contributed by atoms with van der Waals surface area (Å²) >= 11 is 0. The number of phenols is 1. The van der Waals surface area contributed by atoms with Crippen LogP contribution in [-0.2, 0) is 24.4 Å². The zero-order chi connectivity index (χ0) is 27.4. The van der Waals surface area contributed by atoms with Gasteiger partial charge in [-0.05, 0) is 31.0 Å². The molecular formula is C30H39O7P. The van der Waals surface area contributed by atoms with E-state index < -0.39 is 7.92 Å². The van der Waals surface area contributed by atoms with Crippen molar-refractivity contribution in [3.8, 4) is 17.2 Å². The van der Waals surface area contributed by atoms with Gasteiger partial charge in [0.25, 0.3) is 0 Å². The quantitative estimate of drug-likeness (QED) is 0.173. The molecule has 0 unspecified atom stereocenters. The fraction of sp³-hybridized carbons (Fsp3) is 0.400. The normalized spacial score (nSPS) is 11.6. The molecule has 0 atom stereocenters. The molecule has 8 heteroatoms. The molecule has 0 amide bonds. The fourth-order valence-corrected chi connectivity index (χ4v) is 6.38. The van der Waals surface area contributed by atoms with Gasteiger partial charge in [0.15, 0.2) is 13.6 Å². The topological polar surface area (TPSA) is 75.6 Å². The van der Waals surface area contributed by atoms with Crippen molar-refractivity contribution in [1.82, 2.24) is 0 Å². The van der Waals surface area contributed by atoms with Gasteiger partial charge in [-0.15, -0.1) is 0 Å². The highest BCUT2D eigenvalue weighted by molar-refractivity contribution is 7.80. The van der Waals surface area contributed by atoms with Gasteiger partial charge in [0.05, 0.1) is 26.4 Å². The third kappa shape index (κ3) is 8.16. The number of para-hydroxylation sites is 3. The van der Waals surface area contributed by atoms with Crippen LogP contribution in [-0.4, -0.2) is 59.3 Å². The largest absolute Gasteiger partial charge is 0.507 e. The van der Waals surface area contributed by atoms with E-state index in [1.165, 1.54) is 0 Å². The molecule has 38 heavy (non-hydrogen) atoms. The monoisotopic (exact) mass is 542 g/mol. The van der Waals surface area contributed by atoms with Gasteiger partial charge in [0.2, 0.25) is 0 Å². The van der Waals surface area contributed by atoms with E-state index in [0.29, 0.717) is 37.9 Å². The molecule has 7 nitrogen and oxygen atoms in total. The van der Waals surface area contributed by atoms with Gasteiger partial charge in [0.1, 0.15) is 17.2 Å². The highest BCUT2D eigenvalue weighted by Gasteiger charge is 2.29. The van der Waals surface area contributed by atoms with Crippen LogP contribution < -0.4 is 25.4 Å². The zero-order valence-electron chi connectivity index (χ0n) is 22.9. The van der Waals surface area contributed by atoms with E-state index in [1.54, 1.807) is 14.2 Å². The van der Waals surface area contributed by atoms with Crippen LogP contribution in [0.4, 0.5) is 0 Å². The number of rotatable bonds is 15. The van der Waals surface area contributed by atoms with E-state index in [1.807, 2.05) is 66.7 Å². The van der Waals surface area contributed by atoms with Gasteiger partial charge >= 0.3 is 0 Å². The second-order valence-corrected chi connectivity index (χ2v) is 11.6. The van der Waals surface area contributed by atoms with Gasteiger partial charge in [0, 0.05) is 30.1 Å². The fourth-order valence-electron chi connectivity index (χ4n) is 3.85. The van der Waals surface area contributed by atoms with Crippen molar-refractivity contribution in [2.75, 3.05) is 54.2 Å². The average Bonchev–Trinajstić information content (AvgIpc) is 2.90. The van der Waals surface area contributed by atoms with E-state index >= 15 is 0 Å². The molecule has 0 fully saturated rings. The molecule has 1 N–H and O–H groups in total. The highest BCUT2D eigenvalue weighted by Crippen LogP contribution is 2.44. The van der Waals surface area contributed by atoms with E-state index in [-0.39, 0.29) is 24.8 Å². The molecule has 0 heterocycles. The smallest absolute Gasteiger partial charge is 0.189 e. The maximum Gasteiger partial charge on any atom is 0.189 e. The molecular weight excluding hydrogens is 503 g/mol. The Morgan fingerprint density at radius 1 is 0.632 bits per heavy atom. The van der Waals surface area contributed by atoms with Crippen molar-refractivity contribution in [2.45, 2.75) is 26.2 Å². The molecule has 0 spiro atoms. The summed E-state index contributed by atoms with van der Waals surface area (Å²) < 4.78 is 33.4. The summed E-state index contributed by atoms with van der Waals surface area (Å²) in [6.45, 7) is 8.30. The maximum absolute atomic E-state index is 11.6. The predicted octanol–water partition coefficient (Wildman–Crippen LogP) is 4.45. The Balaban J connectivity index is 2.07. The van der Waals surface area contributed by atoms with E-state index in [4.69, 9.17) is 28.4 Å². The minimum Gasteiger partial charge on any atom is -0.507 e. The first kappa shape index (κ1) is 29.9. The summed E-state index contributed by atoms with van der Waals surface area (Å²) in [5.74, 6) is 1.65. The van der Waals surface area contributed by atoms with Crippen molar-refractivity contribution in [1.29, 1.82) is 0 Å². The minimum absolute atomic E-state index is 0.0864. The van der Waals surface area contributed by atoms with Crippen LogP contribution in [0.25, 0.3) is 0 Å². The summed E-state index contributed by atoms with van der Waals surface area (Å²) in [6, 6.07) is 21.7. The number of aromatic hydroxyl groups is 1. The Hall–Kier alpha value is -2.67. The molecule has 3 aromatic carbocycles. The Kier molecular flexibility index (Phi) is 11.8. The number of ether oxygens (including phenoxy) is 6. The molecule has 206 valence electrons. The summed E-state index contributed by atoms with van der Waals surface area (Å²) in [7, 11) is 1.98. The van der Waals surface area contributed by atoms with Gasteiger partial charge in [-0.2, -0.15) is 0 Å². The zero-order valence-corrected chi connectivity index (χ0v) is 23.8. The number of methoxy groups -OCH3 is 2. The summed E-state index contributed by atoms with van der Waals surface area (Å²) in [5, 5.41) is 14.3. The van der Waals surface area contributed by atoms with Crippen molar-refractivity contribution >= 4 is 23.8 Å². The molecule has 3 rings (SSSR count). The number of hydrogen-bond acceptors (Lipinski definition) is 7. The van der Waals surface area contributed by atoms with Gasteiger partial charge in [-0.1, -0.05) is 75.4 Å². The molecule has 0 saturated heterocycles. The lowest BCUT2D eigenvalue weighted by molar-refractivity contribution is -0.00801. The van der Waals surface area contributed by atoms with Gasteiger partial charge < -0.3 is 33.5 Å². The first-order chi connectivity index (χ1) is 18.4.